The number of piperidine rings is 1. The van der Waals surface area contributed by atoms with E-state index in [2.05, 4.69) is 23.5 Å². The lowest BCUT2D eigenvalue weighted by atomic mass is 9.95. The van der Waals surface area contributed by atoms with Gasteiger partial charge in [0, 0.05) is 71.9 Å². The van der Waals surface area contributed by atoms with Crippen molar-refractivity contribution in [3.05, 3.63) is 78.0 Å². The van der Waals surface area contributed by atoms with Gasteiger partial charge in [0.15, 0.2) is 0 Å². The van der Waals surface area contributed by atoms with Gasteiger partial charge in [-0.15, -0.1) is 11.3 Å². The number of aryl methyl sites for hydroxylation is 1. The molecule has 0 N–H and O–H groups in total. The number of thiophene rings is 1. The third-order valence-electron chi connectivity index (χ3n) is 7.82. The van der Waals surface area contributed by atoms with Crippen LogP contribution in [0.15, 0.2) is 60.6 Å². The van der Waals surface area contributed by atoms with Gasteiger partial charge in [-0.3, -0.25) is 9.48 Å². The lowest BCUT2D eigenvalue weighted by Crippen LogP contribution is -2.37. The molecule has 0 spiro atoms. The van der Waals surface area contributed by atoms with Gasteiger partial charge >= 0.3 is 0 Å². The second kappa shape index (κ2) is 12.6. The number of pyridine rings is 1. The van der Waals surface area contributed by atoms with Crippen molar-refractivity contribution in [3.8, 4) is 40.0 Å². The summed E-state index contributed by atoms with van der Waals surface area (Å²) in [6, 6.07) is 10.0. The van der Waals surface area contributed by atoms with Crippen molar-refractivity contribution in [1.82, 2.24) is 19.7 Å². The van der Waals surface area contributed by atoms with E-state index >= 15 is 4.39 Å². The lowest BCUT2D eigenvalue weighted by Gasteiger charge is -2.28. The molecule has 1 amide bonds. The Kier molecular flexibility index (Phi) is 8.42. The molecule has 1 aliphatic rings. The molecule has 6 rings (SSSR count). The number of methoxy groups -OCH3 is 1. The van der Waals surface area contributed by atoms with Crippen LogP contribution in [0, 0.1) is 29.4 Å². The number of aromatic nitrogens is 3. The number of nitrogens with zero attached hydrogens (tertiary/aromatic N) is 4. The van der Waals surface area contributed by atoms with Gasteiger partial charge in [-0.2, -0.15) is 5.10 Å². The van der Waals surface area contributed by atoms with Crippen LogP contribution in [0.3, 0.4) is 0 Å². The van der Waals surface area contributed by atoms with Gasteiger partial charge in [0.2, 0.25) is 5.91 Å². The maximum atomic E-state index is 15.8. The number of carbonyl (C=O) groups excluding carboxylic acids is 1. The van der Waals surface area contributed by atoms with Crippen LogP contribution < -0.4 is 4.74 Å². The summed E-state index contributed by atoms with van der Waals surface area (Å²) in [5, 5.41) is 8.08. The van der Waals surface area contributed by atoms with Gasteiger partial charge in [-0.1, -0.05) is 18.6 Å². The average Bonchev–Trinajstić information content (AvgIpc) is 3.66. The highest BCUT2D eigenvalue weighted by Gasteiger charge is 2.25. The first-order valence-electron chi connectivity index (χ1n) is 14.2. The van der Waals surface area contributed by atoms with Crippen LogP contribution in [0.1, 0.15) is 18.5 Å². The molecule has 0 atom stereocenters. The number of rotatable bonds is 7. The Morgan fingerprint density at radius 2 is 1.98 bits per heavy atom. The quantitative estimate of drug-likeness (QED) is 0.118. The van der Waals surface area contributed by atoms with Crippen LogP contribution in [0.2, 0.25) is 0 Å². The van der Waals surface area contributed by atoms with E-state index < -0.39 is 11.6 Å². The summed E-state index contributed by atoms with van der Waals surface area (Å²) in [5.74, 6) is 5.10. The Labute approximate surface area is 257 Å². The van der Waals surface area contributed by atoms with E-state index in [1.165, 1.54) is 30.6 Å². The molecule has 0 bridgehead atoms. The Balaban J connectivity index is 1.53. The second-order valence-corrected chi connectivity index (χ2v) is 11.5. The molecule has 1 fully saturated rings. The van der Waals surface area contributed by atoms with Crippen LogP contribution in [0.5, 0.6) is 5.75 Å². The molecule has 4 heterocycles. The first-order chi connectivity index (χ1) is 21.4. The number of ether oxygens (including phenoxy) is 2. The smallest absolute Gasteiger partial charge is 0.245 e. The number of benzene rings is 2. The van der Waals surface area contributed by atoms with Crippen molar-refractivity contribution in [3.63, 3.8) is 0 Å². The number of likely N-dealkylation sites (tertiary alicyclic amines) is 1. The highest BCUT2D eigenvalue weighted by molar-refractivity contribution is 7.17. The Morgan fingerprint density at radius 1 is 1.16 bits per heavy atom. The molecule has 3 aromatic heterocycles. The van der Waals surface area contributed by atoms with Crippen molar-refractivity contribution in [2.24, 2.45) is 13.0 Å². The van der Waals surface area contributed by atoms with Crippen molar-refractivity contribution < 1.29 is 23.0 Å². The fraction of sp³-hybridized carbons (Fsp3) is 0.265. The Hall–Kier alpha value is -4.59. The van der Waals surface area contributed by atoms with Gasteiger partial charge in [-0.05, 0) is 48.4 Å². The molecule has 1 aliphatic heterocycles. The number of hydrogen-bond donors (Lipinski definition) is 0. The van der Waals surface area contributed by atoms with Gasteiger partial charge in [0.05, 0.1) is 29.6 Å². The zero-order valence-corrected chi connectivity index (χ0v) is 25.2. The molecule has 224 valence electrons. The summed E-state index contributed by atoms with van der Waals surface area (Å²) in [5.41, 5.74) is 3.49. The van der Waals surface area contributed by atoms with Crippen molar-refractivity contribution in [2.45, 2.75) is 12.8 Å². The first-order valence-corrected chi connectivity index (χ1v) is 15.1. The largest absolute Gasteiger partial charge is 0.490 e. The predicted molar refractivity (Wildman–Crippen MR) is 168 cm³/mol. The van der Waals surface area contributed by atoms with Crippen LogP contribution >= 0.6 is 11.3 Å². The van der Waals surface area contributed by atoms with Crippen LogP contribution in [-0.2, 0) is 16.6 Å². The fourth-order valence-corrected chi connectivity index (χ4v) is 6.51. The zero-order valence-electron chi connectivity index (χ0n) is 24.4. The topological polar surface area (TPSA) is 69.5 Å². The molecule has 44 heavy (non-hydrogen) atoms. The predicted octanol–water partition coefficient (Wildman–Crippen LogP) is 6.60. The third kappa shape index (κ3) is 5.68. The van der Waals surface area contributed by atoms with E-state index in [0.29, 0.717) is 42.9 Å². The lowest BCUT2D eigenvalue weighted by molar-refractivity contribution is -0.127. The minimum absolute atomic E-state index is 0.0169. The molecule has 7 nitrogen and oxygen atoms in total. The average molecular weight is 613 g/mol. The van der Waals surface area contributed by atoms with Crippen molar-refractivity contribution in [2.75, 3.05) is 33.4 Å². The first kappa shape index (κ1) is 29.5. The van der Waals surface area contributed by atoms with Gasteiger partial charge < -0.3 is 14.4 Å². The number of hydrogen-bond acceptors (Lipinski definition) is 6. The molecule has 2 aromatic carbocycles. The SMILES string of the molecule is C=CC(=O)N1CCC(C#Cc2nc(-c3ccc4c(cnn4C)c3)c3ccsc3c2-c2c(F)cc(F)cc2OCCOC)CC1. The number of carbonyl (C=O) groups is 1. The number of fused-ring (bicyclic) bond motifs is 2. The molecule has 1 saturated heterocycles. The highest BCUT2D eigenvalue weighted by atomic mass is 32.1. The summed E-state index contributed by atoms with van der Waals surface area (Å²) in [6.07, 6.45) is 4.53. The summed E-state index contributed by atoms with van der Waals surface area (Å²) in [6.45, 7) is 5.10. The van der Waals surface area contributed by atoms with Crippen molar-refractivity contribution >= 4 is 38.2 Å². The van der Waals surface area contributed by atoms with E-state index in [-0.39, 0.29) is 36.4 Å². The van der Waals surface area contributed by atoms with E-state index in [0.717, 1.165) is 32.6 Å². The molecular formula is C34H30F2N4O3S. The Morgan fingerprint density at radius 3 is 2.75 bits per heavy atom. The molecule has 0 unspecified atom stereocenters. The van der Waals surface area contributed by atoms with E-state index in [9.17, 15) is 9.18 Å². The van der Waals surface area contributed by atoms with Crippen LogP contribution in [0.4, 0.5) is 8.78 Å². The van der Waals surface area contributed by atoms with Crippen molar-refractivity contribution in [1.29, 1.82) is 0 Å². The summed E-state index contributed by atoms with van der Waals surface area (Å²) in [4.78, 5) is 18.9. The molecule has 0 radical (unpaired) electrons. The standard InChI is InChI=1S/C34H30F2N4O3S/c1-4-30(41)40-12-9-21(10-13-40)5-7-27-32(31-26(36)18-24(35)19-29(31)43-15-14-42-3)34-25(11-16-44-34)33(38-27)22-6-8-28-23(17-22)20-37-39(28)2/h4,6,8,11,16-21H,1,9-10,12-15H2,2-3H3. The Bertz CT molecular complexity index is 1950. The van der Waals surface area contributed by atoms with E-state index in [1.54, 1.807) is 11.1 Å². The van der Waals surface area contributed by atoms with Crippen LogP contribution in [-0.4, -0.2) is 59.0 Å². The summed E-state index contributed by atoms with van der Waals surface area (Å²) in [7, 11) is 3.42. The van der Waals surface area contributed by atoms with Gasteiger partial charge in [0.1, 0.15) is 29.7 Å². The minimum Gasteiger partial charge on any atom is -0.490 e. The maximum Gasteiger partial charge on any atom is 0.245 e. The molecular weight excluding hydrogens is 582 g/mol. The zero-order chi connectivity index (χ0) is 30.8. The summed E-state index contributed by atoms with van der Waals surface area (Å²) >= 11 is 1.44. The normalized spacial score (nSPS) is 13.7. The second-order valence-electron chi connectivity index (χ2n) is 10.6. The van der Waals surface area contributed by atoms with E-state index in [4.69, 9.17) is 14.5 Å². The van der Waals surface area contributed by atoms with Gasteiger partial charge in [-0.25, -0.2) is 13.8 Å². The monoisotopic (exact) mass is 612 g/mol. The number of halogens is 2. The molecule has 0 saturated carbocycles. The minimum atomic E-state index is -0.766. The third-order valence-corrected chi connectivity index (χ3v) is 8.75. The van der Waals surface area contributed by atoms with Gasteiger partial charge in [0.25, 0.3) is 0 Å². The molecule has 10 heteroatoms. The van der Waals surface area contributed by atoms with Crippen LogP contribution in [0.25, 0.3) is 43.4 Å². The summed E-state index contributed by atoms with van der Waals surface area (Å²) < 4.78 is 43.8. The fourth-order valence-electron chi connectivity index (χ4n) is 5.56. The maximum absolute atomic E-state index is 15.8. The molecule has 0 aliphatic carbocycles. The number of amides is 1. The molecule has 5 aromatic rings. The van der Waals surface area contributed by atoms with E-state index in [1.807, 2.05) is 41.4 Å². The highest BCUT2D eigenvalue weighted by Crippen LogP contribution is 2.44.